The molecule has 0 aliphatic heterocycles. The summed E-state index contributed by atoms with van der Waals surface area (Å²) in [4.78, 5) is 26.9. The molecule has 0 heterocycles. The van der Waals surface area contributed by atoms with E-state index in [0.717, 1.165) is 16.7 Å². The zero-order chi connectivity index (χ0) is 25.8. The van der Waals surface area contributed by atoms with Gasteiger partial charge in [-0.05, 0) is 66.3 Å². The van der Waals surface area contributed by atoms with Crippen molar-refractivity contribution in [3.63, 3.8) is 0 Å². The van der Waals surface area contributed by atoms with Crippen molar-refractivity contribution in [1.82, 2.24) is 0 Å². The average Bonchev–Trinajstić information content (AvgIpc) is 2.88. The molecule has 186 valence electrons. The van der Waals surface area contributed by atoms with Crippen molar-refractivity contribution in [1.29, 1.82) is 0 Å². The van der Waals surface area contributed by atoms with Crippen molar-refractivity contribution in [2.75, 3.05) is 14.2 Å². The predicted octanol–water partition coefficient (Wildman–Crippen LogP) is 5.55. The van der Waals surface area contributed by atoms with Crippen LogP contribution < -0.4 is 9.47 Å². The van der Waals surface area contributed by atoms with Crippen LogP contribution in [0.4, 0.5) is 0 Å². The van der Waals surface area contributed by atoms with E-state index in [-0.39, 0.29) is 41.3 Å². The first-order valence-electron chi connectivity index (χ1n) is 11.9. The molecule has 0 amide bonds. The molecule has 0 aromatic heterocycles. The molecule has 2 N–H and O–H groups in total. The van der Waals surface area contributed by atoms with Gasteiger partial charge in [0.2, 0.25) is 0 Å². The highest BCUT2D eigenvalue weighted by atomic mass is 16.5. The lowest BCUT2D eigenvalue weighted by Crippen LogP contribution is -2.35. The maximum atomic E-state index is 13.5. The van der Waals surface area contributed by atoms with Crippen LogP contribution in [0, 0.1) is 12.8 Å². The number of allylic oxidation sites excluding steroid dienone is 1. The van der Waals surface area contributed by atoms with Gasteiger partial charge in [-0.2, -0.15) is 0 Å². The zero-order valence-corrected chi connectivity index (χ0v) is 20.6. The summed E-state index contributed by atoms with van der Waals surface area (Å²) in [5, 5.41) is 19.8. The second-order valence-electron chi connectivity index (χ2n) is 9.20. The number of ether oxygens (including phenoxy) is 2. The Morgan fingerprint density at radius 1 is 0.889 bits per heavy atom. The largest absolute Gasteiger partial charge is 0.504 e. The summed E-state index contributed by atoms with van der Waals surface area (Å²) in [6, 6.07) is 17.9. The highest BCUT2D eigenvalue weighted by Crippen LogP contribution is 2.45. The van der Waals surface area contributed by atoms with Gasteiger partial charge in [-0.25, -0.2) is 0 Å². The smallest absolute Gasteiger partial charge is 0.166 e. The van der Waals surface area contributed by atoms with E-state index < -0.39 is 5.92 Å². The summed E-state index contributed by atoms with van der Waals surface area (Å²) in [7, 11) is 2.95. The van der Waals surface area contributed by atoms with Crippen LogP contribution in [0.2, 0.25) is 0 Å². The van der Waals surface area contributed by atoms with Crippen LogP contribution in [0.5, 0.6) is 23.0 Å². The van der Waals surface area contributed by atoms with Gasteiger partial charge in [-0.1, -0.05) is 48.0 Å². The maximum Gasteiger partial charge on any atom is 0.166 e. The fraction of sp³-hybridized carbons (Fsp3) is 0.267. The Kier molecular flexibility index (Phi) is 7.44. The van der Waals surface area contributed by atoms with E-state index in [0.29, 0.717) is 23.5 Å². The number of aromatic hydroxyl groups is 2. The standard InChI is InChI=1S/C30H30O6/c1-18-4-8-20(9-5-18)23-15-22(21-10-13-25(32)29(17-21)36-3)16-27(34)30(23)26(33)12-7-19-6-11-24(31)28(14-19)35-2/h4-14,17,22-23,30-32H,15-16H2,1-3H3/b12-7+/t22-,23+,30?/m1/s1. The molecule has 1 saturated carbocycles. The van der Waals surface area contributed by atoms with Crippen LogP contribution >= 0.6 is 0 Å². The van der Waals surface area contributed by atoms with E-state index in [1.165, 1.54) is 26.4 Å². The Balaban J connectivity index is 1.65. The topological polar surface area (TPSA) is 93.1 Å². The van der Waals surface area contributed by atoms with Crippen molar-refractivity contribution in [2.24, 2.45) is 5.92 Å². The molecule has 1 unspecified atom stereocenters. The zero-order valence-electron chi connectivity index (χ0n) is 20.6. The number of methoxy groups -OCH3 is 2. The van der Waals surface area contributed by atoms with Crippen molar-refractivity contribution in [3.8, 4) is 23.0 Å². The van der Waals surface area contributed by atoms with Crippen LogP contribution in [-0.4, -0.2) is 36.0 Å². The summed E-state index contributed by atoms with van der Waals surface area (Å²) < 4.78 is 10.4. The number of ketones is 2. The van der Waals surface area contributed by atoms with Crippen molar-refractivity contribution >= 4 is 17.6 Å². The molecular weight excluding hydrogens is 456 g/mol. The molecule has 0 saturated heterocycles. The first-order chi connectivity index (χ1) is 17.3. The summed E-state index contributed by atoms with van der Waals surface area (Å²) in [6.07, 6.45) is 3.92. The Labute approximate surface area is 210 Å². The quantitative estimate of drug-likeness (QED) is 0.336. The van der Waals surface area contributed by atoms with Gasteiger partial charge in [0.1, 0.15) is 5.78 Å². The van der Waals surface area contributed by atoms with E-state index in [4.69, 9.17) is 9.47 Å². The minimum Gasteiger partial charge on any atom is -0.504 e. The van der Waals surface area contributed by atoms with Gasteiger partial charge < -0.3 is 19.7 Å². The lowest BCUT2D eigenvalue weighted by atomic mass is 9.67. The molecule has 4 rings (SSSR count). The van der Waals surface area contributed by atoms with Gasteiger partial charge in [-0.3, -0.25) is 9.59 Å². The third-order valence-electron chi connectivity index (χ3n) is 6.87. The lowest BCUT2D eigenvalue weighted by molar-refractivity contribution is -0.133. The number of hydrogen-bond donors (Lipinski definition) is 2. The molecule has 1 fully saturated rings. The molecule has 3 atom stereocenters. The van der Waals surface area contributed by atoms with E-state index in [2.05, 4.69) is 0 Å². The number of phenolic OH excluding ortho intramolecular Hbond substituents is 2. The van der Waals surface area contributed by atoms with E-state index in [9.17, 15) is 19.8 Å². The Bertz CT molecular complexity index is 1290. The second kappa shape index (κ2) is 10.7. The number of benzene rings is 3. The normalized spacial score (nSPS) is 19.9. The number of aryl methyl sites for hydroxylation is 1. The predicted molar refractivity (Wildman–Crippen MR) is 138 cm³/mol. The highest BCUT2D eigenvalue weighted by Gasteiger charge is 2.41. The number of Topliss-reactive ketones (excluding diaryl/α,β-unsaturated/α-hetero) is 1. The number of rotatable bonds is 7. The summed E-state index contributed by atoms with van der Waals surface area (Å²) in [6.45, 7) is 2.00. The molecule has 0 spiro atoms. The molecule has 1 aliphatic rings. The van der Waals surface area contributed by atoms with Crippen LogP contribution in [-0.2, 0) is 9.59 Å². The minimum absolute atomic E-state index is 0.0137. The first kappa shape index (κ1) is 25.0. The second-order valence-corrected chi connectivity index (χ2v) is 9.20. The molecular formula is C30H30O6. The van der Waals surface area contributed by atoms with Crippen LogP contribution in [0.3, 0.4) is 0 Å². The highest BCUT2D eigenvalue weighted by molar-refractivity contribution is 6.10. The molecule has 6 nitrogen and oxygen atoms in total. The average molecular weight is 487 g/mol. The SMILES string of the molecule is COc1cc(/C=C/C(=O)C2C(=O)C[C@H](c3ccc(O)c(OC)c3)C[C@H]2c2ccc(C)cc2)ccc1O. The summed E-state index contributed by atoms with van der Waals surface area (Å²) in [5.41, 5.74) is 3.63. The Morgan fingerprint density at radius 2 is 1.50 bits per heavy atom. The molecule has 0 bridgehead atoms. The monoisotopic (exact) mass is 486 g/mol. The van der Waals surface area contributed by atoms with E-state index >= 15 is 0 Å². The summed E-state index contributed by atoms with van der Waals surface area (Å²) in [5.74, 6) is -0.821. The van der Waals surface area contributed by atoms with E-state index in [1.54, 1.807) is 30.3 Å². The number of carbonyl (C=O) groups is 2. The van der Waals surface area contributed by atoms with Gasteiger partial charge in [0.05, 0.1) is 20.1 Å². The maximum absolute atomic E-state index is 13.5. The molecule has 3 aromatic carbocycles. The Hall–Kier alpha value is -4.06. The fourth-order valence-corrected chi connectivity index (χ4v) is 4.90. The molecule has 3 aromatic rings. The van der Waals surface area contributed by atoms with Crippen LogP contribution in [0.15, 0.2) is 66.7 Å². The Morgan fingerprint density at radius 3 is 2.17 bits per heavy atom. The van der Waals surface area contributed by atoms with E-state index in [1.807, 2.05) is 37.3 Å². The van der Waals surface area contributed by atoms with Gasteiger partial charge in [0, 0.05) is 12.3 Å². The minimum atomic E-state index is -0.793. The van der Waals surface area contributed by atoms with Crippen LogP contribution in [0.25, 0.3) is 6.08 Å². The van der Waals surface area contributed by atoms with Crippen LogP contribution in [0.1, 0.15) is 46.9 Å². The van der Waals surface area contributed by atoms with Crippen molar-refractivity contribution in [2.45, 2.75) is 31.6 Å². The fourth-order valence-electron chi connectivity index (χ4n) is 4.90. The molecule has 36 heavy (non-hydrogen) atoms. The third-order valence-corrected chi connectivity index (χ3v) is 6.87. The molecule has 1 aliphatic carbocycles. The lowest BCUT2D eigenvalue weighted by Gasteiger charge is -2.34. The number of hydrogen-bond acceptors (Lipinski definition) is 6. The van der Waals surface area contributed by atoms with Crippen molar-refractivity contribution < 1.29 is 29.3 Å². The van der Waals surface area contributed by atoms with Crippen molar-refractivity contribution in [3.05, 3.63) is 89.0 Å². The third kappa shape index (κ3) is 5.28. The van der Waals surface area contributed by atoms with Gasteiger partial charge in [0.25, 0.3) is 0 Å². The molecule has 6 heteroatoms. The van der Waals surface area contributed by atoms with Gasteiger partial charge >= 0.3 is 0 Å². The first-order valence-corrected chi connectivity index (χ1v) is 11.9. The van der Waals surface area contributed by atoms with Gasteiger partial charge in [0.15, 0.2) is 28.8 Å². The number of carbonyl (C=O) groups excluding carboxylic acids is 2. The summed E-state index contributed by atoms with van der Waals surface area (Å²) >= 11 is 0. The number of phenols is 2. The van der Waals surface area contributed by atoms with Gasteiger partial charge in [-0.15, -0.1) is 0 Å². The molecule has 0 radical (unpaired) electrons.